The van der Waals surface area contributed by atoms with Gasteiger partial charge < -0.3 is 16.0 Å². The minimum absolute atomic E-state index is 0.155. The minimum Gasteiger partial charge on any atom is -0.321 e. The number of nitrogens with one attached hydrogen (secondary N) is 3. The van der Waals surface area contributed by atoms with Crippen molar-refractivity contribution in [3.63, 3.8) is 0 Å². The van der Waals surface area contributed by atoms with Gasteiger partial charge in [0.25, 0.3) is 17.5 Å². The Bertz CT molecular complexity index is 1890. The standard InChI is InChI=1S/C32H25N5O5S2/c1-20-11-16-25-28(17-20)44-32(35-25)36-29(38)19-43-24-14-12-23(13-15-24)33-31(40)26(34-30(39)21-7-3-2-4-8-21)18-22-9-5-6-10-27(22)37(41)42/h2-18H,19H2,1H3,(H,33,40)(H,34,39)(H,35,36,38)/b26-18-. The first-order valence-corrected chi connectivity index (χ1v) is 15.1. The fourth-order valence-electron chi connectivity index (χ4n) is 4.10. The number of carbonyl (C=O) groups is 3. The fraction of sp³-hybridized carbons (Fsp3) is 0.0625. The molecule has 3 N–H and O–H groups in total. The summed E-state index contributed by atoms with van der Waals surface area (Å²) >= 11 is 2.74. The Kier molecular flexibility index (Phi) is 9.43. The number of hydrogen-bond acceptors (Lipinski definition) is 8. The molecule has 0 spiro atoms. The number of anilines is 2. The molecule has 0 atom stereocenters. The quantitative estimate of drug-likeness (QED) is 0.0684. The molecule has 1 heterocycles. The number of nitro groups is 1. The molecule has 0 bridgehead atoms. The van der Waals surface area contributed by atoms with Crippen LogP contribution >= 0.6 is 23.1 Å². The molecular formula is C32H25N5O5S2. The van der Waals surface area contributed by atoms with Crippen molar-refractivity contribution in [2.24, 2.45) is 0 Å². The van der Waals surface area contributed by atoms with E-state index in [1.54, 1.807) is 60.7 Å². The van der Waals surface area contributed by atoms with Crippen molar-refractivity contribution in [2.75, 3.05) is 16.4 Å². The van der Waals surface area contributed by atoms with Crippen LogP contribution in [0.4, 0.5) is 16.5 Å². The summed E-state index contributed by atoms with van der Waals surface area (Å²) in [6, 6.07) is 27.0. The molecule has 0 aliphatic rings. The molecular weight excluding hydrogens is 599 g/mol. The first kappa shape index (κ1) is 30.1. The van der Waals surface area contributed by atoms with E-state index in [9.17, 15) is 24.5 Å². The van der Waals surface area contributed by atoms with Crippen LogP contribution in [0.1, 0.15) is 21.5 Å². The number of amides is 3. The highest BCUT2D eigenvalue weighted by Gasteiger charge is 2.18. The van der Waals surface area contributed by atoms with E-state index >= 15 is 0 Å². The van der Waals surface area contributed by atoms with Gasteiger partial charge in [0.1, 0.15) is 5.70 Å². The molecule has 0 saturated heterocycles. The molecule has 3 amide bonds. The molecule has 0 unspecified atom stereocenters. The normalized spacial score (nSPS) is 11.2. The van der Waals surface area contributed by atoms with Crippen molar-refractivity contribution in [3.8, 4) is 0 Å². The zero-order valence-electron chi connectivity index (χ0n) is 23.3. The maximum absolute atomic E-state index is 13.3. The highest BCUT2D eigenvalue weighted by molar-refractivity contribution is 8.00. The van der Waals surface area contributed by atoms with E-state index in [2.05, 4.69) is 20.9 Å². The van der Waals surface area contributed by atoms with Crippen molar-refractivity contribution in [3.05, 3.63) is 130 Å². The zero-order valence-corrected chi connectivity index (χ0v) is 24.9. The van der Waals surface area contributed by atoms with Crippen LogP contribution in [0, 0.1) is 17.0 Å². The number of hydrogen-bond donors (Lipinski definition) is 3. The van der Waals surface area contributed by atoms with E-state index in [1.165, 1.54) is 47.4 Å². The topological polar surface area (TPSA) is 143 Å². The molecule has 220 valence electrons. The lowest BCUT2D eigenvalue weighted by Crippen LogP contribution is -2.30. The van der Waals surface area contributed by atoms with Gasteiger partial charge >= 0.3 is 0 Å². The molecule has 0 saturated carbocycles. The molecule has 0 fully saturated rings. The molecule has 5 aromatic rings. The number of nitro benzene ring substituents is 1. The molecule has 4 aromatic carbocycles. The number of para-hydroxylation sites is 1. The first-order chi connectivity index (χ1) is 21.2. The van der Waals surface area contributed by atoms with E-state index < -0.39 is 16.7 Å². The SMILES string of the molecule is Cc1ccc2nc(NC(=O)CSc3ccc(NC(=O)/C(=C/c4ccccc4[N+](=O)[O-])NC(=O)c4ccccc4)cc3)sc2c1. The molecule has 0 aliphatic heterocycles. The maximum Gasteiger partial charge on any atom is 0.276 e. The Labute approximate surface area is 260 Å². The van der Waals surface area contributed by atoms with Crippen LogP contribution in [0.3, 0.4) is 0 Å². The van der Waals surface area contributed by atoms with Gasteiger partial charge in [0.2, 0.25) is 5.91 Å². The third-order valence-electron chi connectivity index (χ3n) is 6.23. The highest BCUT2D eigenvalue weighted by atomic mass is 32.2. The number of nitrogens with zero attached hydrogens (tertiary/aromatic N) is 2. The van der Waals surface area contributed by atoms with Gasteiger partial charge in [-0.1, -0.05) is 47.7 Å². The minimum atomic E-state index is -0.668. The molecule has 5 rings (SSSR count). The van der Waals surface area contributed by atoms with Crippen molar-refractivity contribution >= 4 is 73.6 Å². The van der Waals surface area contributed by atoms with Gasteiger partial charge in [0, 0.05) is 22.2 Å². The molecule has 0 radical (unpaired) electrons. The number of thiazole rings is 1. The lowest BCUT2D eigenvalue weighted by atomic mass is 10.1. The average molecular weight is 624 g/mol. The van der Waals surface area contributed by atoms with Crippen molar-refractivity contribution in [1.29, 1.82) is 0 Å². The summed E-state index contributed by atoms with van der Waals surface area (Å²) in [5.74, 6) is -1.24. The Hall–Kier alpha value is -5.33. The number of benzene rings is 4. The van der Waals surface area contributed by atoms with Gasteiger partial charge in [-0.2, -0.15) is 0 Å². The summed E-state index contributed by atoms with van der Waals surface area (Å²) < 4.78 is 1.00. The van der Waals surface area contributed by atoms with Gasteiger partial charge in [-0.05, 0) is 73.2 Å². The molecule has 10 nitrogen and oxygen atoms in total. The average Bonchev–Trinajstić information content (AvgIpc) is 3.42. The Morgan fingerprint density at radius 1 is 0.932 bits per heavy atom. The van der Waals surface area contributed by atoms with E-state index in [1.807, 2.05) is 25.1 Å². The Balaban J connectivity index is 1.24. The zero-order chi connectivity index (χ0) is 31.1. The van der Waals surface area contributed by atoms with E-state index in [4.69, 9.17) is 0 Å². The second-order valence-electron chi connectivity index (χ2n) is 9.50. The second kappa shape index (κ2) is 13.8. The van der Waals surface area contributed by atoms with Crippen LogP contribution in [0.25, 0.3) is 16.3 Å². The number of aromatic nitrogens is 1. The lowest BCUT2D eigenvalue weighted by Gasteiger charge is -2.12. The summed E-state index contributed by atoms with van der Waals surface area (Å²) in [4.78, 5) is 54.9. The van der Waals surface area contributed by atoms with E-state index in [0.717, 1.165) is 20.7 Å². The lowest BCUT2D eigenvalue weighted by molar-refractivity contribution is -0.385. The largest absolute Gasteiger partial charge is 0.321 e. The Morgan fingerprint density at radius 2 is 1.66 bits per heavy atom. The highest BCUT2D eigenvalue weighted by Crippen LogP contribution is 2.27. The van der Waals surface area contributed by atoms with Crippen LogP contribution < -0.4 is 16.0 Å². The molecule has 1 aromatic heterocycles. The predicted molar refractivity (Wildman–Crippen MR) is 174 cm³/mol. The van der Waals surface area contributed by atoms with Gasteiger partial charge in [-0.25, -0.2) is 4.98 Å². The maximum atomic E-state index is 13.3. The van der Waals surface area contributed by atoms with Crippen molar-refractivity contribution in [1.82, 2.24) is 10.3 Å². The number of fused-ring (bicyclic) bond motifs is 1. The monoisotopic (exact) mass is 623 g/mol. The number of rotatable bonds is 10. The first-order valence-electron chi connectivity index (χ1n) is 13.3. The molecule has 44 heavy (non-hydrogen) atoms. The van der Waals surface area contributed by atoms with Crippen LogP contribution in [0.15, 0.2) is 108 Å². The van der Waals surface area contributed by atoms with Gasteiger partial charge in [-0.15, -0.1) is 11.8 Å². The summed E-state index contributed by atoms with van der Waals surface area (Å²) in [5.41, 5.74) is 2.47. The number of carbonyl (C=O) groups excluding carboxylic acids is 3. The summed E-state index contributed by atoms with van der Waals surface area (Å²) in [5, 5.41) is 20.2. The fourth-order valence-corrected chi connectivity index (χ4v) is 5.77. The summed E-state index contributed by atoms with van der Waals surface area (Å²) in [6.07, 6.45) is 1.27. The van der Waals surface area contributed by atoms with Crippen molar-refractivity contribution in [2.45, 2.75) is 11.8 Å². The third-order valence-corrected chi connectivity index (χ3v) is 8.18. The van der Waals surface area contributed by atoms with Gasteiger partial charge in [0.05, 0.1) is 26.5 Å². The summed E-state index contributed by atoms with van der Waals surface area (Å²) in [7, 11) is 0. The smallest absolute Gasteiger partial charge is 0.276 e. The van der Waals surface area contributed by atoms with Crippen LogP contribution in [-0.2, 0) is 9.59 Å². The second-order valence-corrected chi connectivity index (χ2v) is 11.6. The number of thioether (sulfide) groups is 1. The molecule has 12 heteroatoms. The van der Waals surface area contributed by atoms with Crippen LogP contribution in [-0.4, -0.2) is 33.4 Å². The van der Waals surface area contributed by atoms with E-state index in [0.29, 0.717) is 16.4 Å². The van der Waals surface area contributed by atoms with Gasteiger partial charge in [0.15, 0.2) is 5.13 Å². The van der Waals surface area contributed by atoms with Crippen LogP contribution in [0.2, 0.25) is 0 Å². The summed E-state index contributed by atoms with van der Waals surface area (Å²) in [6.45, 7) is 2.00. The third kappa shape index (κ3) is 7.73. The number of aryl methyl sites for hydroxylation is 1. The van der Waals surface area contributed by atoms with Gasteiger partial charge in [-0.3, -0.25) is 24.5 Å². The Morgan fingerprint density at radius 3 is 2.41 bits per heavy atom. The van der Waals surface area contributed by atoms with Crippen molar-refractivity contribution < 1.29 is 19.3 Å². The predicted octanol–water partition coefficient (Wildman–Crippen LogP) is 6.65. The molecule has 0 aliphatic carbocycles. The van der Waals surface area contributed by atoms with E-state index in [-0.39, 0.29) is 28.6 Å². The van der Waals surface area contributed by atoms with Crippen LogP contribution in [0.5, 0.6) is 0 Å².